The third-order valence-electron chi connectivity index (χ3n) is 4.40. The molecule has 0 unspecified atom stereocenters. The van der Waals surface area contributed by atoms with Crippen LogP contribution in [0.2, 0.25) is 0 Å². The van der Waals surface area contributed by atoms with Gasteiger partial charge in [-0.3, -0.25) is 9.59 Å². The Balaban J connectivity index is 1.92. The molecule has 1 aromatic carbocycles. The van der Waals surface area contributed by atoms with Crippen molar-refractivity contribution in [2.75, 3.05) is 23.7 Å². The first kappa shape index (κ1) is 18.3. The summed E-state index contributed by atoms with van der Waals surface area (Å²) in [6, 6.07) is 5.92. The van der Waals surface area contributed by atoms with E-state index in [0.717, 1.165) is 42.9 Å². The third-order valence-corrected chi connectivity index (χ3v) is 4.40. The number of anilines is 2. The topological polar surface area (TPSA) is 61.4 Å². The highest BCUT2D eigenvalue weighted by Gasteiger charge is 2.18. The summed E-state index contributed by atoms with van der Waals surface area (Å²) in [5.41, 5.74) is 2.74. The van der Waals surface area contributed by atoms with Crippen LogP contribution in [0.4, 0.5) is 11.4 Å². The summed E-state index contributed by atoms with van der Waals surface area (Å²) in [4.78, 5) is 25.7. The molecule has 1 aliphatic rings. The first-order valence-corrected chi connectivity index (χ1v) is 8.88. The molecule has 1 aliphatic heterocycles. The van der Waals surface area contributed by atoms with Crippen LogP contribution < -0.4 is 10.6 Å². The van der Waals surface area contributed by atoms with Crippen molar-refractivity contribution in [2.45, 2.75) is 58.9 Å². The van der Waals surface area contributed by atoms with Crippen LogP contribution in [0.3, 0.4) is 0 Å². The minimum Gasteiger partial charge on any atom is -0.382 e. The van der Waals surface area contributed by atoms with Crippen LogP contribution in [0.1, 0.15) is 51.5 Å². The fraction of sp³-hybridized carbons (Fsp3) is 0.579. The number of nitrogens with zero attached hydrogens (tertiary/aromatic N) is 1. The Bertz CT molecular complexity index is 578. The van der Waals surface area contributed by atoms with E-state index in [0.29, 0.717) is 6.42 Å². The van der Waals surface area contributed by atoms with Crippen LogP contribution in [-0.2, 0) is 9.59 Å². The number of rotatable bonds is 5. The van der Waals surface area contributed by atoms with Gasteiger partial charge in [0.05, 0.1) is 0 Å². The average Bonchev–Trinajstić information content (AvgIpc) is 2.79. The number of carbonyl (C=O) groups excluding carboxylic acids is 2. The van der Waals surface area contributed by atoms with E-state index in [2.05, 4.69) is 10.6 Å². The van der Waals surface area contributed by atoms with Gasteiger partial charge in [-0.05, 0) is 44.4 Å². The molecule has 0 aromatic heterocycles. The maximum absolute atomic E-state index is 12.4. The summed E-state index contributed by atoms with van der Waals surface area (Å²) < 4.78 is 0. The van der Waals surface area contributed by atoms with E-state index in [1.165, 1.54) is 19.8 Å². The molecular weight excluding hydrogens is 302 g/mol. The standard InChI is InChI=1S/C19H29N3O2/c1-14-8-9-17(13-18(14)21-16(3)23)20-15(2)12-19(24)22-10-6-4-5-7-11-22/h8-9,13,15,20H,4-7,10-12H2,1-3H3,(H,21,23)/t15-/m0/s1. The van der Waals surface area contributed by atoms with Crippen LogP contribution in [0.25, 0.3) is 0 Å². The van der Waals surface area contributed by atoms with E-state index >= 15 is 0 Å². The summed E-state index contributed by atoms with van der Waals surface area (Å²) >= 11 is 0. The number of amides is 2. The molecule has 0 aliphatic carbocycles. The maximum Gasteiger partial charge on any atom is 0.224 e. The molecule has 0 saturated carbocycles. The van der Waals surface area contributed by atoms with Gasteiger partial charge in [-0.1, -0.05) is 18.9 Å². The van der Waals surface area contributed by atoms with Crippen LogP contribution in [0.15, 0.2) is 18.2 Å². The second-order valence-electron chi connectivity index (χ2n) is 6.76. The molecular formula is C19H29N3O2. The molecule has 24 heavy (non-hydrogen) atoms. The summed E-state index contributed by atoms with van der Waals surface area (Å²) in [6.07, 6.45) is 5.18. The second-order valence-corrected chi connectivity index (χ2v) is 6.76. The molecule has 0 radical (unpaired) electrons. The zero-order valence-electron chi connectivity index (χ0n) is 15.0. The van der Waals surface area contributed by atoms with Gasteiger partial charge in [0.1, 0.15) is 0 Å². The van der Waals surface area contributed by atoms with E-state index in [1.54, 1.807) is 0 Å². The minimum absolute atomic E-state index is 0.0497. The largest absolute Gasteiger partial charge is 0.382 e. The van der Waals surface area contributed by atoms with Crippen LogP contribution in [-0.4, -0.2) is 35.8 Å². The van der Waals surface area contributed by atoms with Crippen LogP contribution >= 0.6 is 0 Å². The lowest BCUT2D eigenvalue weighted by molar-refractivity contribution is -0.131. The molecule has 1 fully saturated rings. The van der Waals surface area contributed by atoms with Gasteiger partial charge in [0.2, 0.25) is 11.8 Å². The van der Waals surface area contributed by atoms with E-state index in [1.807, 2.05) is 36.9 Å². The van der Waals surface area contributed by atoms with E-state index in [4.69, 9.17) is 0 Å². The summed E-state index contributed by atoms with van der Waals surface area (Å²) in [5.74, 6) is 0.144. The van der Waals surface area contributed by atoms with Crippen LogP contribution in [0, 0.1) is 6.92 Å². The number of aryl methyl sites for hydroxylation is 1. The van der Waals surface area contributed by atoms with Gasteiger partial charge in [0.25, 0.3) is 0 Å². The lowest BCUT2D eigenvalue weighted by Crippen LogP contribution is -2.35. The van der Waals surface area contributed by atoms with Crippen molar-refractivity contribution in [1.29, 1.82) is 0 Å². The molecule has 0 bridgehead atoms. The monoisotopic (exact) mass is 331 g/mol. The first-order valence-electron chi connectivity index (χ1n) is 8.88. The normalized spacial score (nSPS) is 16.2. The van der Waals surface area contributed by atoms with Crippen molar-refractivity contribution < 1.29 is 9.59 Å². The molecule has 132 valence electrons. The Labute approximate surface area is 144 Å². The minimum atomic E-state index is -0.0837. The second kappa shape index (κ2) is 8.71. The fourth-order valence-electron chi connectivity index (χ4n) is 3.08. The summed E-state index contributed by atoms with van der Waals surface area (Å²) in [7, 11) is 0. The van der Waals surface area contributed by atoms with Crippen molar-refractivity contribution in [2.24, 2.45) is 0 Å². The van der Waals surface area contributed by atoms with E-state index in [-0.39, 0.29) is 17.9 Å². The molecule has 2 N–H and O–H groups in total. The number of hydrogen-bond donors (Lipinski definition) is 2. The Morgan fingerprint density at radius 3 is 2.46 bits per heavy atom. The molecule has 1 heterocycles. The third kappa shape index (κ3) is 5.55. The van der Waals surface area contributed by atoms with Crippen molar-refractivity contribution in [3.63, 3.8) is 0 Å². The highest BCUT2D eigenvalue weighted by Crippen LogP contribution is 2.21. The molecule has 2 rings (SSSR count). The van der Waals surface area contributed by atoms with Crippen molar-refractivity contribution >= 4 is 23.2 Å². The van der Waals surface area contributed by atoms with Gasteiger partial charge >= 0.3 is 0 Å². The number of likely N-dealkylation sites (tertiary alicyclic amines) is 1. The van der Waals surface area contributed by atoms with Gasteiger partial charge < -0.3 is 15.5 Å². The Morgan fingerprint density at radius 2 is 1.83 bits per heavy atom. The predicted molar refractivity (Wildman–Crippen MR) is 98.2 cm³/mol. The predicted octanol–water partition coefficient (Wildman–Crippen LogP) is 3.55. The number of carbonyl (C=O) groups is 2. The average molecular weight is 331 g/mol. The molecule has 1 atom stereocenters. The highest BCUT2D eigenvalue weighted by molar-refractivity contribution is 5.90. The van der Waals surface area contributed by atoms with Gasteiger partial charge in [0, 0.05) is 43.9 Å². The lowest BCUT2D eigenvalue weighted by atomic mass is 10.1. The van der Waals surface area contributed by atoms with Gasteiger partial charge in [-0.15, -0.1) is 0 Å². The Kier molecular flexibility index (Phi) is 6.64. The van der Waals surface area contributed by atoms with Crippen molar-refractivity contribution in [3.8, 4) is 0 Å². The highest BCUT2D eigenvalue weighted by atomic mass is 16.2. The number of nitrogens with one attached hydrogen (secondary N) is 2. The fourth-order valence-corrected chi connectivity index (χ4v) is 3.08. The van der Waals surface area contributed by atoms with Gasteiger partial charge in [-0.2, -0.15) is 0 Å². The zero-order chi connectivity index (χ0) is 17.5. The molecule has 2 amide bonds. The molecule has 5 nitrogen and oxygen atoms in total. The Morgan fingerprint density at radius 1 is 1.17 bits per heavy atom. The zero-order valence-corrected chi connectivity index (χ0v) is 15.0. The van der Waals surface area contributed by atoms with Gasteiger partial charge in [0.15, 0.2) is 0 Å². The smallest absolute Gasteiger partial charge is 0.224 e. The molecule has 1 saturated heterocycles. The van der Waals surface area contributed by atoms with E-state index in [9.17, 15) is 9.59 Å². The first-order chi connectivity index (χ1) is 11.5. The maximum atomic E-state index is 12.4. The number of benzene rings is 1. The summed E-state index contributed by atoms with van der Waals surface area (Å²) in [5, 5.41) is 6.20. The molecule has 1 aromatic rings. The van der Waals surface area contributed by atoms with Crippen LogP contribution in [0.5, 0.6) is 0 Å². The quantitative estimate of drug-likeness (QED) is 0.867. The SMILES string of the molecule is CC(=O)Nc1cc(N[C@@H](C)CC(=O)N2CCCCCC2)ccc1C. The summed E-state index contributed by atoms with van der Waals surface area (Å²) in [6.45, 7) is 7.27. The Hall–Kier alpha value is -2.04. The van der Waals surface area contributed by atoms with Crippen molar-refractivity contribution in [1.82, 2.24) is 4.90 Å². The van der Waals surface area contributed by atoms with Crippen molar-refractivity contribution in [3.05, 3.63) is 23.8 Å². The number of hydrogen-bond acceptors (Lipinski definition) is 3. The van der Waals surface area contributed by atoms with E-state index < -0.39 is 0 Å². The molecule has 0 spiro atoms. The van der Waals surface area contributed by atoms with Gasteiger partial charge in [-0.25, -0.2) is 0 Å². The lowest BCUT2D eigenvalue weighted by Gasteiger charge is -2.23. The molecule has 5 heteroatoms.